The molecule has 0 aromatic heterocycles. The van der Waals surface area contributed by atoms with Gasteiger partial charge in [0.05, 0.1) is 0 Å². The van der Waals surface area contributed by atoms with Gasteiger partial charge in [-0.15, -0.1) is 0 Å². The van der Waals surface area contributed by atoms with Crippen molar-refractivity contribution in [3.05, 3.63) is 0 Å². The Morgan fingerprint density at radius 1 is 1.33 bits per heavy atom. The van der Waals surface area contributed by atoms with Crippen LogP contribution in [-0.2, 0) is 0 Å². The van der Waals surface area contributed by atoms with E-state index >= 15 is 0 Å². The zero-order chi connectivity index (χ0) is 11.3. The molecule has 1 fully saturated rings. The molecule has 2 unspecified atom stereocenters. The van der Waals surface area contributed by atoms with Crippen molar-refractivity contribution in [2.45, 2.75) is 58.9 Å². The third kappa shape index (κ3) is 3.76. The van der Waals surface area contributed by atoms with Gasteiger partial charge in [-0.3, -0.25) is 0 Å². The van der Waals surface area contributed by atoms with Gasteiger partial charge in [-0.05, 0) is 44.7 Å². The van der Waals surface area contributed by atoms with E-state index in [9.17, 15) is 0 Å². The molecule has 0 radical (unpaired) electrons. The maximum atomic E-state index is 5.89. The summed E-state index contributed by atoms with van der Waals surface area (Å²) in [7, 11) is 0. The highest BCUT2D eigenvalue weighted by atomic mass is 15.2. The molecule has 90 valence electrons. The summed E-state index contributed by atoms with van der Waals surface area (Å²) in [5.41, 5.74) is 6.21. The van der Waals surface area contributed by atoms with Gasteiger partial charge in [-0.25, -0.2) is 0 Å². The maximum Gasteiger partial charge on any atom is 0.00671 e. The van der Waals surface area contributed by atoms with Gasteiger partial charge in [0.1, 0.15) is 0 Å². The zero-order valence-corrected chi connectivity index (χ0v) is 10.8. The quantitative estimate of drug-likeness (QED) is 0.776. The van der Waals surface area contributed by atoms with Crippen LogP contribution in [0.3, 0.4) is 0 Å². The number of hydrogen-bond acceptors (Lipinski definition) is 2. The second kappa shape index (κ2) is 5.86. The molecule has 1 saturated heterocycles. The molecule has 1 heterocycles. The first kappa shape index (κ1) is 13.0. The second-order valence-electron chi connectivity index (χ2n) is 5.54. The summed E-state index contributed by atoms with van der Waals surface area (Å²) in [5.74, 6) is 0. The lowest BCUT2D eigenvalue weighted by atomic mass is 9.86. The lowest BCUT2D eigenvalue weighted by Gasteiger charge is -2.36. The van der Waals surface area contributed by atoms with E-state index in [1.807, 2.05) is 0 Å². The van der Waals surface area contributed by atoms with Gasteiger partial charge in [-0.2, -0.15) is 0 Å². The summed E-state index contributed by atoms with van der Waals surface area (Å²) in [5, 5.41) is 0. The molecule has 2 heteroatoms. The topological polar surface area (TPSA) is 29.3 Å². The standard InChI is InChI=1S/C13H28N2/c1-4-13(3,10-14)11-15-9-7-5-6-8-12(15)2/h12H,4-11,14H2,1-3H3. The van der Waals surface area contributed by atoms with Gasteiger partial charge in [-0.1, -0.05) is 26.7 Å². The molecular formula is C13H28N2. The maximum absolute atomic E-state index is 5.89. The van der Waals surface area contributed by atoms with Crippen LogP contribution in [0.4, 0.5) is 0 Å². The first-order valence-corrected chi connectivity index (χ1v) is 6.55. The molecule has 0 amide bonds. The molecule has 1 aliphatic rings. The number of rotatable bonds is 4. The Kier molecular flexibility index (Phi) is 5.07. The van der Waals surface area contributed by atoms with E-state index in [0.29, 0.717) is 5.41 Å². The molecule has 0 aromatic carbocycles. The largest absolute Gasteiger partial charge is 0.330 e. The van der Waals surface area contributed by atoms with Crippen LogP contribution in [0.15, 0.2) is 0 Å². The van der Waals surface area contributed by atoms with Crippen LogP contribution < -0.4 is 5.73 Å². The minimum Gasteiger partial charge on any atom is -0.330 e. The van der Waals surface area contributed by atoms with Gasteiger partial charge in [0, 0.05) is 12.6 Å². The third-order valence-electron chi connectivity index (χ3n) is 4.12. The van der Waals surface area contributed by atoms with Crippen molar-refractivity contribution < 1.29 is 0 Å². The van der Waals surface area contributed by atoms with Gasteiger partial charge in [0.25, 0.3) is 0 Å². The molecule has 0 saturated carbocycles. The van der Waals surface area contributed by atoms with Crippen molar-refractivity contribution >= 4 is 0 Å². The van der Waals surface area contributed by atoms with Crippen molar-refractivity contribution in [2.75, 3.05) is 19.6 Å². The molecule has 1 rings (SSSR count). The van der Waals surface area contributed by atoms with Crippen LogP contribution >= 0.6 is 0 Å². The molecule has 0 aromatic rings. The normalized spacial score (nSPS) is 28.4. The summed E-state index contributed by atoms with van der Waals surface area (Å²) >= 11 is 0. The molecule has 0 bridgehead atoms. The molecule has 2 atom stereocenters. The van der Waals surface area contributed by atoms with Gasteiger partial charge >= 0.3 is 0 Å². The van der Waals surface area contributed by atoms with Gasteiger partial charge in [0.15, 0.2) is 0 Å². The number of hydrogen-bond donors (Lipinski definition) is 1. The molecule has 2 N–H and O–H groups in total. The van der Waals surface area contributed by atoms with E-state index in [1.54, 1.807) is 0 Å². The Balaban J connectivity index is 2.53. The Hall–Kier alpha value is -0.0800. The first-order valence-electron chi connectivity index (χ1n) is 6.55. The summed E-state index contributed by atoms with van der Waals surface area (Å²) in [6.45, 7) is 10.2. The van der Waals surface area contributed by atoms with E-state index in [4.69, 9.17) is 5.73 Å². The van der Waals surface area contributed by atoms with Crippen LogP contribution in [0, 0.1) is 5.41 Å². The molecule has 0 spiro atoms. The molecular weight excluding hydrogens is 184 g/mol. The fourth-order valence-corrected chi connectivity index (χ4v) is 2.38. The van der Waals surface area contributed by atoms with Crippen molar-refractivity contribution in [1.29, 1.82) is 0 Å². The van der Waals surface area contributed by atoms with Crippen LogP contribution in [0.2, 0.25) is 0 Å². The third-order valence-corrected chi connectivity index (χ3v) is 4.12. The first-order chi connectivity index (χ1) is 7.11. The molecule has 0 aliphatic carbocycles. The highest BCUT2D eigenvalue weighted by Crippen LogP contribution is 2.25. The van der Waals surface area contributed by atoms with Crippen LogP contribution in [0.1, 0.15) is 52.9 Å². The summed E-state index contributed by atoms with van der Waals surface area (Å²) in [6, 6.07) is 0.755. The summed E-state index contributed by atoms with van der Waals surface area (Å²) in [4.78, 5) is 2.66. The van der Waals surface area contributed by atoms with Crippen molar-refractivity contribution in [2.24, 2.45) is 11.1 Å². The van der Waals surface area contributed by atoms with Crippen LogP contribution in [0.5, 0.6) is 0 Å². The van der Waals surface area contributed by atoms with E-state index < -0.39 is 0 Å². The molecule has 15 heavy (non-hydrogen) atoms. The van der Waals surface area contributed by atoms with Gasteiger partial charge in [0.2, 0.25) is 0 Å². The summed E-state index contributed by atoms with van der Waals surface area (Å²) in [6.07, 6.45) is 6.74. The summed E-state index contributed by atoms with van der Waals surface area (Å²) < 4.78 is 0. The number of nitrogens with two attached hydrogens (primary N) is 1. The average Bonchev–Trinajstić information content (AvgIpc) is 2.44. The smallest absolute Gasteiger partial charge is 0.00671 e. The fourth-order valence-electron chi connectivity index (χ4n) is 2.38. The lowest BCUT2D eigenvalue weighted by Crippen LogP contribution is -2.44. The highest BCUT2D eigenvalue weighted by molar-refractivity contribution is 4.81. The second-order valence-corrected chi connectivity index (χ2v) is 5.54. The molecule has 2 nitrogen and oxygen atoms in total. The number of likely N-dealkylation sites (tertiary alicyclic amines) is 1. The van der Waals surface area contributed by atoms with Crippen molar-refractivity contribution in [3.8, 4) is 0 Å². The van der Waals surface area contributed by atoms with Gasteiger partial charge < -0.3 is 10.6 Å². The minimum atomic E-state index is 0.318. The Bertz CT molecular complexity index is 175. The van der Waals surface area contributed by atoms with Crippen LogP contribution in [-0.4, -0.2) is 30.6 Å². The Labute approximate surface area is 95.2 Å². The monoisotopic (exact) mass is 212 g/mol. The molecule has 1 aliphatic heterocycles. The highest BCUT2D eigenvalue weighted by Gasteiger charge is 2.26. The van der Waals surface area contributed by atoms with Crippen molar-refractivity contribution in [1.82, 2.24) is 4.90 Å². The SMILES string of the molecule is CCC(C)(CN)CN1CCCCCC1C. The Morgan fingerprint density at radius 3 is 2.67 bits per heavy atom. The van der Waals surface area contributed by atoms with E-state index in [0.717, 1.165) is 12.6 Å². The zero-order valence-electron chi connectivity index (χ0n) is 10.8. The predicted octanol–water partition coefficient (Wildman–Crippen LogP) is 2.63. The van der Waals surface area contributed by atoms with Crippen LogP contribution in [0.25, 0.3) is 0 Å². The minimum absolute atomic E-state index is 0.318. The fraction of sp³-hybridized carbons (Fsp3) is 1.00. The van der Waals surface area contributed by atoms with Crippen molar-refractivity contribution in [3.63, 3.8) is 0 Å². The van der Waals surface area contributed by atoms with E-state index in [1.165, 1.54) is 45.2 Å². The Morgan fingerprint density at radius 2 is 2.07 bits per heavy atom. The predicted molar refractivity (Wildman–Crippen MR) is 67.0 cm³/mol. The van der Waals surface area contributed by atoms with E-state index in [-0.39, 0.29) is 0 Å². The average molecular weight is 212 g/mol. The van der Waals surface area contributed by atoms with E-state index in [2.05, 4.69) is 25.7 Å². The number of nitrogens with zero attached hydrogens (tertiary/aromatic N) is 1. The lowest BCUT2D eigenvalue weighted by molar-refractivity contribution is 0.129.